The molecule has 92 valence electrons. The molecule has 0 fully saturated rings. The number of pyridine rings is 1. The molecule has 0 amide bonds. The number of nitrogens with zero attached hydrogens (tertiary/aromatic N) is 1. The lowest BCUT2D eigenvalue weighted by atomic mass is 10.1. The molecular weight excluding hydrogens is 201 g/mol. The SMILES string of the molecule is CCCCCC[n+]1cccc(CCC)c1.[F-]. The first-order chi connectivity index (χ1) is 7.36. The molecular formula is C14H24FN. The van der Waals surface area contributed by atoms with Gasteiger partial charge in [-0.15, -0.1) is 0 Å². The normalized spacial score (nSPS) is 9.88. The van der Waals surface area contributed by atoms with E-state index in [0.717, 1.165) is 0 Å². The van der Waals surface area contributed by atoms with Crippen LogP contribution in [0.4, 0.5) is 0 Å². The number of hydrogen-bond donors (Lipinski definition) is 0. The molecule has 0 atom stereocenters. The summed E-state index contributed by atoms with van der Waals surface area (Å²) in [7, 11) is 0. The van der Waals surface area contributed by atoms with Crippen LogP contribution in [0.1, 0.15) is 51.5 Å². The second-order valence-electron chi connectivity index (χ2n) is 4.26. The third kappa shape index (κ3) is 5.84. The van der Waals surface area contributed by atoms with E-state index >= 15 is 0 Å². The molecule has 0 saturated carbocycles. The second kappa shape index (κ2) is 9.32. The third-order valence-electron chi connectivity index (χ3n) is 2.73. The summed E-state index contributed by atoms with van der Waals surface area (Å²) in [4.78, 5) is 0. The van der Waals surface area contributed by atoms with Crippen LogP contribution >= 0.6 is 0 Å². The zero-order chi connectivity index (χ0) is 10.9. The smallest absolute Gasteiger partial charge is 0.171 e. The van der Waals surface area contributed by atoms with Gasteiger partial charge in [-0.3, -0.25) is 0 Å². The van der Waals surface area contributed by atoms with E-state index in [1.165, 1.54) is 50.6 Å². The Bertz CT molecular complexity index is 273. The monoisotopic (exact) mass is 225 g/mol. The maximum absolute atomic E-state index is 2.33. The van der Waals surface area contributed by atoms with E-state index in [-0.39, 0.29) is 4.70 Å². The number of aryl methyl sites for hydroxylation is 2. The van der Waals surface area contributed by atoms with Gasteiger partial charge < -0.3 is 4.70 Å². The third-order valence-corrected chi connectivity index (χ3v) is 2.73. The van der Waals surface area contributed by atoms with E-state index in [2.05, 4.69) is 42.9 Å². The molecule has 1 aromatic rings. The average molecular weight is 225 g/mol. The molecule has 0 aromatic carbocycles. The van der Waals surface area contributed by atoms with Crippen LogP contribution in [0.5, 0.6) is 0 Å². The molecule has 1 rings (SSSR count). The summed E-state index contributed by atoms with van der Waals surface area (Å²) in [5, 5.41) is 0. The number of unbranched alkanes of at least 4 members (excludes halogenated alkanes) is 3. The van der Waals surface area contributed by atoms with Gasteiger partial charge in [-0.25, -0.2) is 4.57 Å². The van der Waals surface area contributed by atoms with Crippen molar-refractivity contribution < 1.29 is 9.27 Å². The fraction of sp³-hybridized carbons (Fsp3) is 0.643. The lowest BCUT2D eigenvalue weighted by Crippen LogP contribution is -3.00. The second-order valence-corrected chi connectivity index (χ2v) is 4.26. The van der Waals surface area contributed by atoms with E-state index in [1.807, 2.05) is 0 Å². The molecule has 0 saturated heterocycles. The Balaban J connectivity index is 0.00000225. The highest BCUT2D eigenvalue weighted by Crippen LogP contribution is 2.01. The topological polar surface area (TPSA) is 3.88 Å². The van der Waals surface area contributed by atoms with Crippen LogP contribution in [0.25, 0.3) is 0 Å². The van der Waals surface area contributed by atoms with Crippen molar-refractivity contribution in [2.45, 2.75) is 58.9 Å². The zero-order valence-corrected chi connectivity index (χ0v) is 10.6. The Kier molecular flexibility index (Phi) is 8.78. The van der Waals surface area contributed by atoms with Gasteiger partial charge in [0.2, 0.25) is 0 Å². The van der Waals surface area contributed by atoms with Gasteiger partial charge in [0.15, 0.2) is 12.4 Å². The highest BCUT2D eigenvalue weighted by Gasteiger charge is 2.01. The van der Waals surface area contributed by atoms with Gasteiger partial charge >= 0.3 is 0 Å². The van der Waals surface area contributed by atoms with Crippen molar-refractivity contribution in [2.24, 2.45) is 0 Å². The summed E-state index contributed by atoms with van der Waals surface area (Å²) in [5.41, 5.74) is 1.47. The summed E-state index contributed by atoms with van der Waals surface area (Å²) >= 11 is 0. The molecule has 0 bridgehead atoms. The fourth-order valence-electron chi connectivity index (χ4n) is 1.87. The maximum Gasteiger partial charge on any atom is 0.171 e. The van der Waals surface area contributed by atoms with Crippen LogP contribution in [0.15, 0.2) is 24.5 Å². The first-order valence-corrected chi connectivity index (χ1v) is 6.34. The number of hydrogen-bond acceptors (Lipinski definition) is 0. The molecule has 2 heteroatoms. The molecule has 1 nitrogen and oxygen atoms in total. The minimum absolute atomic E-state index is 0. The molecule has 16 heavy (non-hydrogen) atoms. The van der Waals surface area contributed by atoms with Crippen molar-refractivity contribution in [2.75, 3.05) is 0 Å². The van der Waals surface area contributed by atoms with Crippen LogP contribution in [0.3, 0.4) is 0 Å². The van der Waals surface area contributed by atoms with Crippen molar-refractivity contribution in [1.82, 2.24) is 0 Å². The largest absolute Gasteiger partial charge is 1.00 e. The van der Waals surface area contributed by atoms with Crippen molar-refractivity contribution >= 4 is 0 Å². The summed E-state index contributed by atoms with van der Waals surface area (Å²) in [6.45, 7) is 5.67. The Morgan fingerprint density at radius 2 is 1.88 bits per heavy atom. The van der Waals surface area contributed by atoms with Gasteiger partial charge in [0, 0.05) is 18.1 Å². The highest BCUT2D eigenvalue weighted by molar-refractivity contribution is 5.04. The van der Waals surface area contributed by atoms with Gasteiger partial charge in [0.1, 0.15) is 6.54 Å². The predicted octanol–water partition coefficient (Wildman–Crippen LogP) is 0.511. The minimum Gasteiger partial charge on any atom is -1.00 e. The van der Waals surface area contributed by atoms with Crippen LogP contribution in [0, 0.1) is 0 Å². The Morgan fingerprint density at radius 1 is 1.06 bits per heavy atom. The van der Waals surface area contributed by atoms with Gasteiger partial charge in [0.25, 0.3) is 0 Å². The minimum atomic E-state index is 0. The number of aromatic nitrogens is 1. The molecule has 0 radical (unpaired) electrons. The lowest BCUT2D eigenvalue weighted by molar-refractivity contribution is -0.697. The van der Waals surface area contributed by atoms with E-state index in [4.69, 9.17) is 0 Å². The molecule has 0 aliphatic rings. The van der Waals surface area contributed by atoms with Gasteiger partial charge in [-0.2, -0.15) is 0 Å². The average Bonchev–Trinajstić information content (AvgIpc) is 2.26. The molecule has 0 aliphatic heterocycles. The number of rotatable bonds is 7. The van der Waals surface area contributed by atoms with Crippen molar-refractivity contribution in [3.63, 3.8) is 0 Å². The molecule has 1 heterocycles. The van der Waals surface area contributed by atoms with Crippen LogP contribution in [0.2, 0.25) is 0 Å². The zero-order valence-electron chi connectivity index (χ0n) is 10.6. The van der Waals surface area contributed by atoms with E-state index in [0.29, 0.717) is 0 Å². The van der Waals surface area contributed by atoms with Crippen molar-refractivity contribution in [3.8, 4) is 0 Å². The first-order valence-electron chi connectivity index (χ1n) is 6.34. The Morgan fingerprint density at radius 3 is 2.56 bits per heavy atom. The summed E-state index contributed by atoms with van der Waals surface area (Å²) in [6.07, 6.45) is 12.3. The maximum atomic E-state index is 2.33. The molecule has 0 N–H and O–H groups in total. The summed E-state index contributed by atoms with van der Waals surface area (Å²) < 4.78 is 2.33. The Hall–Kier alpha value is -0.920. The van der Waals surface area contributed by atoms with Crippen LogP contribution < -0.4 is 9.27 Å². The number of halogens is 1. The van der Waals surface area contributed by atoms with E-state index in [9.17, 15) is 0 Å². The molecule has 0 aliphatic carbocycles. The van der Waals surface area contributed by atoms with Crippen LogP contribution in [-0.2, 0) is 13.0 Å². The van der Waals surface area contributed by atoms with Gasteiger partial charge in [-0.1, -0.05) is 33.1 Å². The van der Waals surface area contributed by atoms with Crippen LogP contribution in [-0.4, -0.2) is 0 Å². The lowest BCUT2D eigenvalue weighted by Gasteiger charge is -1.99. The molecule has 1 aromatic heterocycles. The standard InChI is InChI=1S/C14H24N.FH/c1-3-5-6-7-11-15-12-8-10-14(13-15)9-4-2;/h8,10,12-13H,3-7,9,11H2,1-2H3;1H/q+1;/p-1. The van der Waals surface area contributed by atoms with E-state index in [1.54, 1.807) is 0 Å². The predicted molar refractivity (Wildman–Crippen MR) is 64.8 cm³/mol. The van der Waals surface area contributed by atoms with Crippen molar-refractivity contribution in [3.05, 3.63) is 30.1 Å². The highest BCUT2D eigenvalue weighted by atomic mass is 19.0. The van der Waals surface area contributed by atoms with E-state index < -0.39 is 0 Å². The first kappa shape index (κ1) is 15.1. The van der Waals surface area contributed by atoms with Crippen molar-refractivity contribution in [1.29, 1.82) is 0 Å². The van der Waals surface area contributed by atoms with Gasteiger partial charge in [-0.05, 0) is 18.9 Å². The molecule has 0 unspecified atom stereocenters. The Labute approximate surface area is 98.9 Å². The summed E-state index contributed by atoms with van der Waals surface area (Å²) in [5.74, 6) is 0. The van der Waals surface area contributed by atoms with Gasteiger partial charge in [0.05, 0.1) is 0 Å². The fourth-order valence-corrected chi connectivity index (χ4v) is 1.87. The quantitative estimate of drug-likeness (QED) is 0.470. The molecule has 0 spiro atoms. The summed E-state index contributed by atoms with van der Waals surface area (Å²) in [6, 6.07) is 4.40.